The molecule has 0 radical (unpaired) electrons. The second kappa shape index (κ2) is 11.6. The van der Waals surface area contributed by atoms with Gasteiger partial charge in [-0.1, -0.05) is 17.7 Å². The van der Waals surface area contributed by atoms with Crippen LogP contribution >= 0.6 is 22.9 Å². The van der Waals surface area contributed by atoms with Crippen molar-refractivity contribution < 1.29 is 32.3 Å². The lowest BCUT2D eigenvalue weighted by Crippen LogP contribution is -2.24. The number of nitrogens with one attached hydrogen (secondary N) is 1. The Labute approximate surface area is 234 Å². The smallest absolute Gasteiger partial charge is 0.333 e. The van der Waals surface area contributed by atoms with Crippen LogP contribution in [0.4, 0.5) is 5.82 Å². The maximum absolute atomic E-state index is 13.6. The minimum Gasteiger partial charge on any atom is -0.393 e. The highest BCUT2D eigenvalue weighted by atomic mass is 35.5. The first-order valence-electron chi connectivity index (χ1n) is 12.2. The summed E-state index contributed by atoms with van der Waals surface area (Å²) < 4.78 is 33.0. The maximum Gasteiger partial charge on any atom is 0.333 e. The van der Waals surface area contributed by atoms with Crippen molar-refractivity contribution in [2.24, 2.45) is 11.1 Å². The molecule has 5 N–H and O–H groups in total. The summed E-state index contributed by atoms with van der Waals surface area (Å²) in [5.41, 5.74) is 2.94. The standard InChI is InChI=1S/C25H27ClN4O7S2/c26-15-2-1-13-3-4-36-24(17(13)6-15)18-8-21(38-22(18)10-31)23(33)19-9-28-12-29-25(19)30-16-5-14(20(32)7-16)11-37-39(27,34)35/h1-2,6,8-9,12,14,16,20,24,31-32H,3-5,7,10-11H2,(H2,27,34,35)(H,28,29,30)/t14-,16-,20+,24+/m1/s1. The SMILES string of the molecule is NS(=O)(=O)OC[C@H]1C[C@@H](Nc2ncncc2C(=O)c2cc([C@H]3OCCc4ccc(Cl)cc43)c(CO)s2)C[C@@H]1O. The number of aliphatic hydroxyl groups is 2. The van der Waals surface area contributed by atoms with Crippen LogP contribution in [-0.4, -0.2) is 59.7 Å². The fourth-order valence-corrected chi connectivity index (χ4v) is 6.64. The van der Waals surface area contributed by atoms with Crippen LogP contribution in [0.2, 0.25) is 5.02 Å². The van der Waals surface area contributed by atoms with E-state index in [0.717, 1.165) is 17.5 Å². The van der Waals surface area contributed by atoms with Gasteiger partial charge in [0.25, 0.3) is 0 Å². The number of halogens is 1. The van der Waals surface area contributed by atoms with E-state index in [2.05, 4.69) is 19.5 Å². The monoisotopic (exact) mass is 594 g/mol. The molecule has 14 heteroatoms. The van der Waals surface area contributed by atoms with Crippen molar-refractivity contribution in [2.75, 3.05) is 18.5 Å². The number of fused-ring (bicyclic) bond motifs is 1. The molecule has 39 heavy (non-hydrogen) atoms. The second-order valence-electron chi connectivity index (χ2n) is 9.52. The first-order chi connectivity index (χ1) is 18.6. The van der Waals surface area contributed by atoms with E-state index in [1.807, 2.05) is 18.2 Å². The first-order valence-corrected chi connectivity index (χ1v) is 14.9. The molecule has 0 bridgehead atoms. The highest BCUT2D eigenvalue weighted by Crippen LogP contribution is 2.40. The number of ketones is 1. The van der Waals surface area contributed by atoms with E-state index in [-0.39, 0.29) is 36.4 Å². The fraction of sp³-hybridized carbons (Fsp3) is 0.400. The Morgan fingerprint density at radius 3 is 2.87 bits per heavy atom. The minimum atomic E-state index is -4.12. The largest absolute Gasteiger partial charge is 0.393 e. The predicted octanol–water partition coefficient (Wildman–Crippen LogP) is 2.35. The number of aromatic nitrogens is 2. The van der Waals surface area contributed by atoms with Crippen LogP contribution in [0.3, 0.4) is 0 Å². The molecule has 0 unspecified atom stereocenters. The molecule has 2 aliphatic rings. The molecule has 0 saturated heterocycles. The average molecular weight is 595 g/mol. The summed E-state index contributed by atoms with van der Waals surface area (Å²) >= 11 is 7.42. The van der Waals surface area contributed by atoms with Gasteiger partial charge in [0.05, 0.1) is 36.4 Å². The topological polar surface area (TPSA) is 174 Å². The molecule has 1 saturated carbocycles. The van der Waals surface area contributed by atoms with Crippen molar-refractivity contribution in [2.45, 2.75) is 44.1 Å². The number of hydrogen-bond donors (Lipinski definition) is 4. The van der Waals surface area contributed by atoms with Crippen LogP contribution in [0.25, 0.3) is 0 Å². The highest BCUT2D eigenvalue weighted by molar-refractivity contribution is 7.84. The van der Waals surface area contributed by atoms with E-state index in [9.17, 15) is 23.4 Å². The first kappa shape index (κ1) is 28.1. The third-order valence-corrected chi connectivity index (χ3v) is 8.77. The predicted molar refractivity (Wildman–Crippen MR) is 144 cm³/mol. The van der Waals surface area contributed by atoms with E-state index < -0.39 is 28.4 Å². The lowest BCUT2D eigenvalue weighted by Gasteiger charge is -2.26. The van der Waals surface area contributed by atoms with Gasteiger partial charge in [0.2, 0.25) is 5.78 Å². The number of carbonyl (C=O) groups excluding carboxylic acids is 1. The molecule has 1 aromatic carbocycles. The number of carbonyl (C=O) groups is 1. The van der Waals surface area contributed by atoms with E-state index in [1.165, 1.54) is 23.9 Å². The van der Waals surface area contributed by atoms with E-state index in [1.54, 1.807) is 6.07 Å². The molecule has 11 nitrogen and oxygen atoms in total. The normalized spacial score (nSPS) is 23.0. The fourth-order valence-electron chi connectivity index (χ4n) is 5.09. The summed E-state index contributed by atoms with van der Waals surface area (Å²) in [7, 11) is -4.12. The molecule has 5 rings (SSSR count). The van der Waals surface area contributed by atoms with Gasteiger partial charge < -0.3 is 20.3 Å². The van der Waals surface area contributed by atoms with Crippen molar-refractivity contribution in [3.05, 3.63) is 73.8 Å². The molecule has 208 valence electrons. The van der Waals surface area contributed by atoms with Crippen molar-refractivity contribution >= 4 is 44.8 Å². The molecular weight excluding hydrogens is 568 g/mol. The number of nitrogens with two attached hydrogens (primary N) is 1. The number of rotatable bonds is 9. The Morgan fingerprint density at radius 2 is 2.10 bits per heavy atom. The molecule has 4 atom stereocenters. The molecule has 0 amide bonds. The van der Waals surface area contributed by atoms with Crippen LogP contribution in [0.1, 0.15) is 55.7 Å². The van der Waals surface area contributed by atoms with Gasteiger partial charge in [0.15, 0.2) is 0 Å². The number of aliphatic hydroxyl groups excluding tert-OH is 2. The molecule has 1 fully saturated rings. The van der Waals surface area contributed by atoms with Gasteiger partial charge in [-0.2, -0.15) is 8.42 Å². The van der Waals surface area contributed by atoms with Crippen LogP contribution in [0.5, 0.6) is 0 Å². The summed E-state index contributed by atoms with van der Waals surface area (Å²) in [5, 5.41) is 29.1. The van der Waals surface area contributed by atoms with Gasteiger partial charge in [-0.25, -0.2) is 15.1 Å². The van der Waals surface area contributed by atoms with Gasteiger partial charge >= 0.3 is 10.3 Å². The van der Waals surface area contributed by atoms with Gasteiger partial charge in [0.1, 0.15) is 18.2 Å². The summed E-state index contributed by atoms with van der Waals surface area (Å²) in [4.78, 5) is 22.9. The molecule has 3 aromatic rings. The van der Waals surface area contributed by atoms with Gasteiger partial charge in [-0.05, 0) is 48.6 Å². The van der Waals surface area contributed by atoms with Crippen LogP contribution < -0.4 is 10.5 Å². The quantitative estimate of drug-likeness (QED) is 0.269. The molecule has 3 heterocycles. The maximum atomic E-state index is 13.6. The number of thiophene rings is 1. The summed E-state index contributed by atoms with van der Waals surface area (Å²) in [5.74, 6) is -0.508. The summed E-state index contributed by atoms with van der Waals surface area (Å²) in [6.07, 6.45) is 2.87. The van der Waals surface area contributed by atoms with Crippen LogP contribution in [0, 0.1) is 5.92 Å². The Bertz CT molecular complexity index is 1480. The summed E-state index contributed by atoms with van der Waals surface area (Å²) in [6, 6.07) is 7.09. The van der Waals surface area contributed by atoms with Crippen molar-refractivity contribution in [1.82, 2.24) is 9.97 Å². The molecular formula is C25H27ClN4O7S2. The molecule has 0 spiro atoms. The number of ether oxygens (including phenoxy) is 1. The molecule has 1 aliphatic heterocycles. The zero-order valence-corrected chi connectivity index (χ0v) is 23.0. The van der Waals surface area contributed by atoms with Gasteiger partial charge in [-0.3, -0.25) is 8.98 Å². The minimum absolute atomic E-state index is 0.224. The third-order valence-electron chi connectivity index (χ3n) is 6.94. The van der Waals surface area contributed by atoms with Crippen LogP contribution in [0.15, 0.2) is 36.8 Å². The Hall–Kier alpha value is -2.49. The van der Waals surface area contributed by atoms with Crippen molar-refractivity contribution in [1.29, 1.82) is 0 Å². The highest BCUT2D eigenvalue weighted by Gasteiger charge is 2.35. The Kier molecular flexibility index (Phi) is 8.31. The number of anilines is 1. The number of hydrogen-bond acceptors (Lipinski definition) is 11. The Morgan fingerprint density at radius 1 is 1.28 bits per heavy atom. The number of nitrogens with zero attached hydrogens (tertiary/aromatic N) is 2. The molecule has 1 aliphatic carbocycles. The summed E-state index contributed by atoms with van der Waals surface area (Å²) in [6.45, 7) is -0.00498. The zero-order chi connectivity index (χ0) is 27.7. The molecule has 2 aromatic heterocycles. The van der Waals surface area contributed by atoms with E-state index >= 15 is 0 Å². The average Bonchev–Trinajstić information content (AvgIpc) is 3.49. The second-order valence-corrected chi connectivity index (χ2v) is 12.3. The lowest BCUT2D eigenvalue weighted by atomic mass is 9.93. The van der Waals surface area contributed by atoms with Crippen molar-refractivity contribution in [3.8, 4) is 0 Å². The third kappa shape index (κ3) is 6.31. The van der Waals surface area contributed by atoms with Gasteiger partial charge in [-0.15, -0.1) is 11.3 Å². The van der Waals surface area contributed by atoms with Crippen LogP contribution in [-0.2, 0) is 32.3 Å². The Balaban J connectivity index is 1.37. The van der Waals surface area contributed by atoms with Crippen molar-refractivity contribution in [3.63, 3.8) is 0 Å². The van der Waals surface area contributed by atoms with E-state index in [4.69, 9.17) is 21.5 Å². The lowest BCUT2D eigenvalue weighted by molar-refractivity contribution is 0.0688. The van der Waals surface area contributed by atoms with E-state index in [0.29, 0.717) is 39.8 Å². The number of benzene rings is 1. The van der Waals surface area contributed by atoms with Gasteiger partial charge in [0, 0.05) is 33.6 Å². The zero-order valence-electron chi connectivity index (χ0n) is 20.6.